The van der Waals surface area contributed by atoms with Gasteiger partial charge in [0.15, 0.2) is 11.5 Å². The Hall–Kier alpha value is -0.760. The Labute approximate surface area is 72.2 Å². The molecule has 1 atom stereocenters. The summed E-state index contributed by atoms with van der Waals surface area (Å²) in [5.41, 5.74) is -0.337. The molecule has 0 bridgehead atoms. The summed E-state index contributed by atoms with van der Waals surface area (Å²) >= 11 is 5.54. The van der Waals surface area contributed by atoms with Gasteiger partial charge >= 0.3 is 0 Å². The van der Waals surface area contributed by atoms with E-state index in [0.29, 0.717) is 5.90 Å². The Morgan fingerprint density at radius 2 is 2.36 bits per heavy atom. The molecule has 0 aliphatic rings. The van der Waals surface area contributed by atoms with Gasteiger partial charge in [-0.2, -0.15) is 0 Å². The molecule has 1 unspecified atom stereocenters. The highest BCUT2D eigenvalue weighted by molar-refractivity contribution is 6.20. The fraction of sp³-hybridized carbons (Fsp3) is 0.375. The molecule has 0 fully saturated rings. The van der Waals surface area contributed by atoms with E-state index < -0.39 is 0 Å². The van der Waals surface area contributed by atoms with Gasteiger partial charge in [0.05, 0.1) is 0 Å². The lowest BCUT2D eigenvalue weighted by Gasteiger charge is -2.04. The average Bonchev–Trinajstić information content (AvgIpc) is 1.86. The molecule has 0 aromatic rings. The minimum absolute atomic E-state index is 0.337. The van der Waals surface area contributed by atoms with Crippen LogP contribution in [0.15, 0.2) is 29.9 Å². The Kier molecular flexibility index (Phi) is 5.57. The van der Waals surface area contributed by atoms with Crippen molar-refractivity contribution in [1.82, 2.24) is 0 Å². The number of halogens is 1. The minimum atomic E-state index is -0.337. The van der Waals surface area contributed by atoms with Crippen LogP contribution in [0.2, 0.25) is 0 Å². The fourth-order valence-corrected chi connectivity index (χ4v) is 0.603. The summed E-state index contributed by atoms with van der Waals surface area (Å²) in [5, 5.41) is 0. The molecule has 2 nitrogen and oxygen atoms in total. The number of aliphatic imine (C=N–C) groups is 1. The van der Waals surface area contributed by atoms with Gasteiger partial charge in [-0.25, -0.2) is 4.99 Å². The van der Waals surface area contributed by atoms with E-state index in [9.17, 15) is 0 Å². The Bertz CT molecular complexity index is 173. The van der Waals surface area contributed by atoms with Gasteiger partial charge in [-0.15, -0.1) is 0 Å². The van der Waals surface area contributed by atoms with Gasteiger partial charge in [0.1, 0.15) is 0 Å². The van der Waals surface area contributed by atoms with Crippen LogP contribution in [0.5, 0.6) is 0 Å². The number of hydrogen-bond acceptors (Lipinski definition) is 2. The molecule has 0 saturated carbocycles. The third-order valence-corrected chi connectivity index (χ3v) is 0.901. The van der Waals surface area contributed by atoms with Gasteiger partial charge in [0.2, 0.25) is 0 Å². The van der Waals surface area contributed by atoms with Gasteiger partial charge in [-0.3, -0.25) is 0 Å². The SMILES string of the molecule is C=C/C=C/N=C(C)OC(C)Cl. The molecule has 0 spiro atoms. The van der Waals surface area contributed by atoms with Gasteiger partial charge in [0, 0.05) is 13.1 Å². The summed E-state index contributed by atoms with van der Waals surface area (Å²) in [7, 11) is 0. The van der Waals surface area contributed by atoms with Crippen molar-refractivity contribution < 1.29 is 4.74 Å². The highest BCUT2D eigenvalue weighted by Crippen LogP contribution is 1.97. The van der Waals surface area contributed by atoms with E-state index in [1.54, 1.807) is 32.2 Å². The first-order valence-corrected chi connectivity index (χ1v) is 3.73. The summed E-state index contributed by atoms with van der Waals surface area (Å²) in [6.07, 6.45) is 4.95. The number of alkyl halides is 1. The Balaban J connectivity index is 3.80. The van der Waals surface area contributed by atoms with Crippen LogP contribution in [0.25, 0.3) is 0 Å². The second kappa shape index (κ2) is 5.98. The number of allylic oxidation sites excluding steroid dienone is 2. The molecule has 0 amide bonds. The summed E-state index contributed by atoms with van der Waals surface area (Å²) in [5.74, 6) is 0.547. The van der Waals surface area contributed by atoms with E-state index in [4.69, 9.17) is 16.3 Å². The Morgan fingerprint density at radius 3 is 2.82 bits per heavy atom. The number of rotatable bonds is 3. The number of ether oxygens (including phenoxy) is 1. The molecular weight excluding hydrogens is 162 g/mol. The average molecular weight is 174 g/mol. The fourth-order valence-electron chi connectivity index (χ4n) is 0.474. The first-order chi connectivity index (χ1) is 5.16. The van der Waals surface area contributed by atoms with Crippen LogP contribution >= 0.6 is 11.6 Å². The van der Waals surface area contributed by atoms with Crippen molar-refractivity contribution in [3.8, 4) is 0 Å². The lowest BCUT2D eigenvalue weighted by Crippen LogP contribution is -2.04. The molecule has 3 heteroatoms. The van der Waals surface area contributed by atoms with E-state index >= 15 is 0 Å². The molecule has 0 heterocycles. The third kappa shape index (κ3) is 7.13. The lowest BCUT2D eigenvalue weighted by atomic mass is 10.6. The van der Waals surface area contributed by atoms with Crippen molar-refractivity contribution in [3.05, 3.63) is 24.9 Å². The first-order valence-electron chi connectivity index (χ1n) is 3.29. The van der Waals surface area contributed by atoms with E-state index in [2.05, 4.69) is 11.6 Å². The largest absolute Gasteiger partial charge is 0.462 e. The Morgan fingerprint density at radius 1 is 1.73 bits per heavy atom. The predicted octanol–water partition coefficient (Wildman–Crippen LogP) is 2.71. The van der Waals surface area contributed by atoms with E-state index in [0.717, 1.165) is 0 Å². The van der Waals surface area contributed by atoms with Crippen LogP contribution in [-0.4, -0.2) is 11.5 Å². The molecule has 0 aliphatic carbocycles. The quantitative estimate of drug-likeness (QED) is 0.278. The zero-order valence-electron chi connectivity index (χ0n) is 6.75. The van der Waals surface area contributed by atoms with E-state index in [1.807, 2.05) is 0 Å². The van der Waals surface area contributed by atoms with Gasteiger partial charge in [-0.1, -0.05) is 24.3 Å². The van der Waals surface area contributed by atoms with Crippen LogP contribution in [0.4, 0.5) is 0 Å². The highest BCUT2D eigenvalue weighted by Gasteiger charge is 1.95. The molecule has 0 saturated heterocycles. The van der Waals surface area contributed by atoms with Crippen LogP contribution in [0.1, 0.15) is 13.8 Å². The lowest BCUT2D eigenvalue weighted by molar-refractivity contribution is 0.285. The zero-order valence-corrected chi connectivity index (χ0v) is 7.51. The normalized spacial score (nSPS) is 15.0. The maximum Gasteiger partial charge on any atom is 0.186 e. The maximum atomic E-state index is 5.54. The molecule has 0 aliphatic heterocycles. The molecule has 0 aromatic heterocycles. The maximum absolute atomic E-state index is 5.54. The van der Waals surface area contributed by atoms with Crippen molar-refractivity contribution in [1.29, 1.82) is 0 Å². The first kappa shape index (κ1) is 10.2. The monoisotopic (exact) mass is 173 g/mol. The van der Waals surface area contributed by atoms with Crippen molar-refractivity contribution in [3.63, 3.8) is 0 Å². The van der Waals surface area contributed by atoms with Gasteiger partial charge in [-0.05, 0) is 13.0 Å². The van der Waals surface area contributed by atoms with Gasteiger partial charge in [0.25, 0.3) is 0 Å². The van der Waals surface area contributed by atoms with Crippen molar-refractivity contribution in [2.24, 2.45) is 4.99 Å². The summed E-state index contributed by atoms with van der Waals surface area (Å²) in [4.78, 5) is 3.91. The van der Waals surface area contributed by atoms with Crippen LogP contribution in [-0.2, 0) is 4.74 Å². The second-order valence-corrected chi connectivity index (χ2v) is 2.50. The predicted molar refractivity (Wildman–Crippen MR) is 48.8 cm³/mol. The zero-order chi connectivity index (χ0) is 8.69. The van der Waals surface area contributed by atoms with Gasteiger partial charge < -0.3 is 4.74 Å². The number of nitrogens with zero attached hydrogens (tertiary/aromatic N) is 1. The van der Waals surface area contributed by atoms with E-state index in [1.165, 1.54) is 0 Å². The van der Waals surface area contributed by atoms with Crippen LogP contribution in [0.3, 0.4) is 0 Å². The van der Waals surface area contributed by atoms with Crippen molar-refractivity contribution >= 4 is 17.5 Å². The standard InChI is InChI=1S/C8H12ClNO/c1-4-5-6-10-8(3)11-7(2)9/h4-7H,1H2,2-3H3/b6-5+,10-8?. The topological polar surface area (TPSA) is 21.6 Å². The summed E-state index contributed by atoms with van der Waals surface area (Å²) < 4.78 is 5.03. The minimum Gasteiger partial charge on any atom is -0.462 e. The molecule has 0 radical (unpaired) electrons. The van der Waals surface area contributed by atoms with Crippen LogP contribution < -0.4 is 0 Å². The smallest absolute Gasteiger partial charge is 0.186 e. The summed E-state index contributed by atoms with van der Waals surface area (Å²) in [6.45, 7) is 6.97. The second-order valence-electron chi connectivity index (χ2n) is 1.89. The number of hydrogen-bond donors (Lipinski definition) is 0. The molecule has 11 heavy (non-hydrogen) atoms. The molecule has 0 N–H and O–H groups in total. The molecular formula is C8H12ClNO. The van der Waals surface area contributed by atoms with Crippen molar-refractivity contribution in [2.45, 2.75) is 19.4 Å². The summed E-state index contributed by atoms with van der Waals surface area (Å²) in [6, 6.07) is 0. The molecule has 62 valence electrons. The molecule has 0 aromatic carbocycles. The molecule has 0 rings (SSSR count). The van der Waals surface area contributed by atoms with Crippen LogP contribution in [0, 0.1) is 0 Å². The van der Waals surface area contributed by atoms with E-state index in [-0.39, 0.29) is 5.56 Å². The highest BCUT2D eigenvalue weighted by atomic mass is 35.5. The third-order valence-electron chi connectivity index (χ3n) is 0.811. The van der Waals surface area contributed by atoms with Crippen molar-refractivity contribution in [2.75, 3.05) is 0 Å².